The Hall–Kier alpha value is -10.2. The highest BCUT2D eigenvalue weighted by Crippen LogP contribution is 2.66. The summed E-state index contributed by atoms with van der Waals surface area (Å²) in [6.45, 7) is 33.3. The van der Waals surface area contributed by atoms with Gasteiger partial charge in [-0.3, -0.25) is 14.9 Å². The van der Waals surface area contributed by atoms with Crippen molar-refractivity contribution in [2.45, 2.75) is 233 Å². The lowest BCUT2D eigenvalue weighted by molar-refractivity contribution is -0.384. The summed E-state index contributed by atoms with van der Waals surface area (Å²) >= 11 is 5.89. The van der Waals surface area contributed by atoms with Crippen LogP contribution in [0.2, 0.25) is 5.02 Å². The third-order valence-electron chi connectivity index (χ3n) is 34.2. The number of ether oxygens (including phenoxy) is 8. The molecule has 24 atom stereocenters. The maximum absolute atomic E-state index is 13.1. The number of hydrogen-bond donors (Lipinski definition) is 9. The minimum absolute atomic E-state index is 0.00846. The van der Waals surface area contributed by atoms with Crippen molar-refractivity contribution in [3.8, 4) is 0 Å². The van der Waals surface area contributed by atoms with Gasteiger partial charge in [0.15, 0.2) is 24.4 Å². The Morgan fingerprint density at radius 2 is 0.669 bits per heavy atom. The summed E-state index contributed by atoms with van der Waals surface area (Å²) in [4.78, 5) is 109. The Kier molecular flexibility index (Phi) is 34.8. The van der Waals surface area contributed by atoms with Gasteiger partial charge < -0.3 is 84.5 Å². The first-order chi connectivity index (χ1) is 65.8. The van der Waals surface area contributed by atoms with E-state index in [1.807, 2.05) is 45.9 Å². The van der Waals surface area contributed by atoms with Crippen molar-refractivity contribution in [1.29, 1.82) is 0 Å². The third-order valence-corrected chi connectivity index (χ3v) is 34.4. The molecule has 3 aromatic carbocycles. The molecule has 10 N–H and O–H groups in total. The van der Waals surface area contributed by atoms with Crippen LogP contribution in [0.3, 0.4) is 0 Å². The second-order valence-electron chi connectivity index (χ2n) is 42.0. The van der Waals surface area contributed by atoms with Crippen LogP contribution in [0.25, 0.3) is 18.2 Å². The number of carbonyl (C=O) groups is 8. The number of esters is 8. The maximum atomic E-state index is 13.1. The molecule has 0 bridgehead atoms. The monoisotopic (exact) mass is 1940 g/mol. The number of carbonyl (C=O) groups excluding carboxylic acids is 8. The molecule has 4 aliphatic heterocycles. The number of nitrogens with zero attached hydrogens (tertiary/aromatic N) is 1. The van der Waals surface area contributed by atoms with Crippen LogP contribution in [0.5, 0.6) is 0 Å². The summed E-state index contributed by atoms with van der Waals surface area (Å²) in [5.74, 6) is -3.96. The number of fused-ring (bicyclic) bond motifs is 4. The molecule has 0 aromatic heterocycles. The molecule has 4 saturated heterocycles. The quantitative estimate of drug-likeness (QED) is 0.0100. The van der Waals surface area contributed by atoms with Gasteiger partial charge >= 0.3 is 47.8 Å². The van der Waals surface area contributed by atoms with E-state index in [2.05, 4.69) is 54.0 Å². The molecule has 754 valence electrons. The molecular weight excluding hydrogens is 1810 g/mol. The normalized spacial score (nSPS) is 36.4. The van der Waals surface area contributed by atoms with Crippen molar-refractivity contribution in [3.63, 3.8) is 0 Å². The van der Waals surface area contributed by atoms with Crippen molar-refractivity contribution < 1.29 is 126 Å². The van der Waals surface area contributed by atoms with Gasteiger partial charge in [-0.2, -0.15) is 0 Å². The van der Waals surface area contributed by atoms with Crippen LogP contribution in [0.4, 0.5) is 10.1 Å². The Bertz CT molecular complexity index is 5160. The van der Waals surface area contributed by atoms with E-state index < -0.39 is 123 Å². The number of halogens is 2. The smallest absolute Gasteiger partial charge is 0.337 e. The molecule has 28 nitrogen and oxygen atoms in total. The van der Waals surface area contributed by atoms with Crippen LogP contribution >= 0.6 is 11.6 Å². The van der Waals surface area contributed by atoms with Gasteiger partial charge in [0.05, 0.1) is 84.6 Å². The first-order valence-corrected chi connectivity index (χ1v) is 48.9. The lowest BCUT2D eigenvalue weighted by atomic mass is 9.46. The summed E-state index contributed by atoms with van der Waals surface area (Å²) < 4.78 is 55.5. The Balaban J connectivity index is 0.000000167. The summed E-state index contributed by atoms with van der Waals surface area (Å²) in [5, 5.41) is 94.8. The van der Waals surface area contributed by atoms with E-state index in [1.54, 1.807) is 48.6 Å². The lowest BCUT2D eigenvalue weighted by Crippen LogP contribution is -2.57. The van der Waals surface area contributed by atoms with Gasteiger partial charge in [-0.05, 0) is 269 Å². The molecule has 30 heteroatoms. The number of cyclic esters (lactones) is 4. The number of non-ortho nitro benzene ring substituents is 1. The first-order valence-electron chi connectivity index (χ1n) is 48.5. The standard InChI is InChI=1S/C29H35ClO6.C29H35FO6.C29H35NO8.C22H33NO6/c2*1-18-4-12-24-28(2,15-14-25(32)29(24,3)17-31)22(18)11-10-21-23(16-35-27(21)34)36-26(33)13-7-19-5-8-20(30)9-6-19;1-18-4-12-24-28(2,15-14-25(32)29(24,3)17-31)22(18)11-10-21-23(16-37-27(21)34)38-26(33)13-7-19-5-8-20(9-6-19)30(35)36;1-13-4-7-17-21(2,9-8-18(25)22(17,3)12-24)15(13)6-5-14-16(11-28-20(14)27)29-19(26)10-23/h2*5-10,13,22-25,31-32H,1,4,11-12,14-17H2,2-3H3;5-10,13,22-25,31-32H,1,4,11-12,14-17H2,2-3H3;5,15-18,24-25H,1,4,6-12,23H2,2-3H3/b3*13-7+,21-10+;14-5+/t3*22-,23?,24?,25-,28+,29+;15-,16?,17?,18-,21+,22+/m1111/s1. The number of nitro benzene ring substituents is 1. The summed E-state index contributed by atoms with van der Waals surface area (Å²) in [5.41, 5.74) is 10.0. The molecule has 12 fully saturated rings. The Morgan fingerprint density at radius 1 is 0.424 bits per heavy atom. The van der Waals surface area contributed by atoms with Crippen molar-refractivity contribution >= 4 is 83.3 Å². The molecule has 0 spiro atoms. The minimum Gasteiger partial charge on any atom is -0.458 e. The van der Waals surface area contributed by atoms with Gasteiger partial charge in [0.2, 0.25) is 0 Å². The number of aliphatic hydroxyl groups is 8. The fraction of sp³-hybridized carbons (Fsp3) is 0.560. The average molecular weight is 1950 g/mol. The number of aliphatic hydroxyl groups excluding tert-OH is 8. The SMILES string of the molecule is C=C1CCC2[C@](C)(CO)[C@H](O)CC[C@@]2(C)[C@@H]1C/C=C1/C(=O)OCC1OC(=O)/C=C/c1ccc(Cl)cc1.C=C1CCC2[C@](C)(CO)[C@H](O)CC[C@@]2(C)[C@@H]1C/C=C1/C(=O)OCC1OC(=O)/C=C/c1ccc(F)cc1.C=C1CCC2[C@](C)(CO)[C@H](O)CC[C@@]2(C)[C@@H]1C/C=C1/C(=O)OCC1OC(=O)/C=C/c1ccc([N+](=O)[O-])cc1.C=C1CCC2[C@](C)(CO)[C@H](O)CC[C@@]2(C)[C@@H]1C/C=C1/C(=O)OCC1OC(=O)CN. The average Bonchev–Trinajstić information content (AvgIpc) is 1.44. The van der Waals surface area contributed by atoms with Crippen LogP contribution in [-0.4, -0.2) is 202 Å². The van der Waals surface area contributed by atoms with E-state index >= 15 is 0 Å². The van der Waals surface area contributed by atoms with Gasteiger partial charge in [-0.15, -0.1) is 0 Å². The van der Waals surface area contributed by atoms with Crippen molar-refractivity contribution in [1.82, 2.24) is 0 Å². The summed E-state index contributed by atoms with van der Waals surface area (Å²) in [6.07, 6.45) is 24.9. The fourth-order valence-electron chi connectivity index (χ4n) is 25.7. The second-order valence-corrected chi connectivity index (χ2v) is 42.4. The minimum atomic E-state index is -0.840. The van der Waals surface area contributed by atoms with Gasteiger partial charge in [0.25, 0.3) is 5.69 Å². The van der Waals surface area contributed by atoms with E-state index in [4.69, 9.17) is 55.2 Å². The zero-order chi connectivity index (χ0) is 101. The summed E-state index contributed by atoms with van der Waals surface area (Å²) in [6, 6.07) is 18.5. The van der Waals surface area contributed by atoms with E-state index in [9.17, 15) is 93.7 Å². The topological polar surface area (TPSA) is 441 Å². The van der Waals surface area contributed by atoms with Crippen LogP contribution in [0.1, 0.15) is 200 Å². The van der Waals surface area contributed by atoms with Crippen LogP contribution in [-0.2, 0) is 76.3 Å². The molecule has 0 amide bonds. The molecule has 15 rings (SSSR count). The number of hydrogen-bond acceptors (Lipinski definition) is 27. The maximum Gasteiger partial charge on any atom is 0.337 e. The molecule has 0 radical (unpaired) electrons. The molecule has 4 heterocycles. The number of benzene rings is 3. The van der Waals surface area contributed by atoms with E-state index in [-0.39, 0.29) is 140 Å². The number of nitro groups is 1. The summed E-state index contributed by atoms with van der Waals surface area (Å²) in [7, 11) is 0. The van der Waals surface area contributed by atoms with E-state index in [0.717, 1.165) is 105 Å². The van der Waals surface area contributed by atoms with Crippen LogP contribution in [0, 0.1) is 107 Å². The molecule has 8 saturated carbocycles. The highest BCUT2D eigenvalue weighted by atomic mass is 35.5. The van der Waals surface area contributed by atoms with Gasteiger partial charge in [0.1, 0.15) is 32.2 Å². The van der Waals surface area contributed by atoms with E-state index in [1.165, 1.54) is 66.8 Å². The third kappa shape index (κ3) is 23.0. The van der Waals surface area contributed by atoms with Crippen LogP contribution in [0.15, 0.2) is 186 Å². The number of nitrogens with two attached hydrogens (primary N) is 1. The fourth-order valence-corrected chi connectivity index (χ4v) is 25.8. The lowest BCUT2D eigenvalue weighted by Gasteiger charge is -2.59. The molecule has 139 heavy (non-hydrogen) atoms. The molecule has 8 aliphatic carbocycles. The van der Waals surface area contributed by atoms with E-state index in [0.29, 0.717) is 89.8 Å². The largest absolute Gasteiger partial charge is 0.458 e. The van der Waals surface area contributed by atoms with Crippen molar-refractivity contribution in [3.05, 3.63) is 224 Å². The molecule has 3 aromatic rings. The number of allylic oxidation sites excluding steroid dienone is 8. The zero-order valence-corrected chi connectivity index (χ0v) is 81.7. The second kappa shape index (κ2) is 45.0. The van der Waals surface area contributed by atoms with Gasteiger partial charge in [-0.1, -0.05) is 164 Å². The Morgan fingerprint density at radius 3 is 0.914 bits per heavy atom. The molecule has 8 unspecified atom stereocenters. The highest BCUT2D eigenvalue weighted by molar-refractivity contribution is 6.30. The molecular formula is C109H138ClFN2O26. The Labute approximate surface area is 817 Å². The van der Waals surface area contributed by atoms with Gasteiger partial charge in [0, 0.05) is 57.0 Å². The predicted octanol–water partition coefficient (Wildman–Crippen LogP) is 14.9. The van der Waals surface area contributed by atoms with Crippen molar-refractivity contribution in [2.75, 3.05) is 59.4 Å². The van der Waals surface area contributed by atoms with Crippen LogP contribution < -0.4 is 5.73 Å². The predicted molar refractivity (Wildman–Crippen MR) is 517 cm³/mol. The first kappa shape index (κ1) is 108. The number of rotatable bonds is 24. The molecule has 12 aliphatic rings. The van der Waals surface area contributed by atoms with Gasteiger partial charge in [-0.25, -0.2) is 38.0 Å². The highest BCUT2D eigenvalue weighted by Gasteiger charge is 2.62. The van der Waals surface area contributed by atoms with Crippen molar-refractivity contribution in [2.24, 2.45) is 96.4 Å². The zero-order valence-electron chi connectivity index (χ0n) is 81.0.